The molecule has 0 aromatic heterocycles. The van der Waals surface area contributed by atoms with Gasteiger partial charge < -0.3 is 15.5 Å². The number of para-hydroxylation sites is 1. The van der Waals surface area contributed by atoms with Gasteiger partial charge in [0.25, 0.3) is 0 Å². The van der Waals surface area contributed by atoms with Crippen molar-refractivity contribution in [1.29, 1.82) is 0 Å². The number of fused-ring (bicyclic) bond motifs is 1. The molecule has 2 amide bonds. The van der Waals surface area contributed by atoms with Crippen LogP contribution in [0.15, 0.2) is 54.6 Å². The van der Waals surface area contributed by atoms with E-state index in [-0.39, 0.29) is 6.03 Å². The molecule has 0 radical (unpaired) electrons. The zero-order valence-corrected chi connectivity index (χ0v) is 14.2. The largest absolute Gasteiger partial charge is 0.367 e. The van der Waals surface area contributed by atoms with Gasteiger partial charge in [0.15, 0.2) is 0 Å². The third-order valence-electron chi connectivity index (χ3n) is 4.60. The second-order valence-electron chi connectivity index (χ2n) is 6.30. The van der Waals surface area contributed by atoms with Crippen LogP contribution in [-0.4, -0.2) is 25.2 Å². The number of benzene rings is 2. The lowest BCUT2D eigenvalue weighted by Crippen LogP contribution is -2.44. The fourth-order valence-corrected chi connectivity index (χ4v) is 3.23. The van der Waals surface area contributed by atoms with E-state index in [1.54, 1.807) is 0 Å². The molecule has 2 aromatic rings. The van der Waals surface area contributed by atoms with Crippen molar-refractivity contribution in [2.24, 2.45) is 0 Å². The van der Waals surface area contributed by atoms with E-state index < -0.39 is 0 Å². The summed E-state index contributed by atoms with van der Waals surface area (Å²) in [6.45, 7) is 4.28. The van der Waals surface area contributed by atoms with E-state index in [1.165, 1.54) is 11.3 Å². The van der Waals surface area contributed by atoms with Gasteiger partial charge in [0, 0.05) is 31.4 Å². The lowest BCUT2D eigenvalue weighted by Gasteiger charge is -2.37. The van der Waals surface area contributed by atoms with E-state index in [4.69, 9.17) is 0 Å². The average Bonchev–Trinajstić information content (AvgIpc) is 2.63. The summed E-state index contributed by atoms with van der Waals surface area (Å²) in [5.74, 6) is 0. The van der Waals surface area contributed by atoms with Gasteiger partial charge >= 0.3 is 6.03 Å². The molecule has 0 fully saturated rings. The maximum absolute atomic E-state index is 11.9. The Kier molecular flexibility index (Phi) is 5.36. The Balaban J connectivity index is 1.47. The van der Waals surface area contributed by atoms with Gasteiger partial charge in [-0.25, -0.2) is 4.79 Å². The molecule has 0 aliphatic carbocycles. The van der Waals surface area contributed by atoms with Crippen LogP contribution in [-0.2, 0) is 13.0 Å². The lowest BCUT2D eigenvalue weighted by atomic mass is 9.97. The summed E-state index contributed by atoms with van der Waals surface area (Å²) in [4.78, 5) is 14.3. The SMILES string of the molecule is C[C@@H]1CCc2ccccc2N1CCNC(=O)NCc1ccccc1. The van der Waals surface area contributed by atoms with Crippen LogP contribution in [0, 0.1) is 0 Å². The molecule has 2 aromatic carbocycles. The monoisotopic (exact) mass is 323 g/mol. The van der Waals surface area contributed by atoms with Gasteiger partial charge in [0.1, 0.15) is 0 Å². The molecule has 24 heavy (non-hydrogen) atoms. The molecule has 1 aliphatic rings. The molecule has 0 unspecified atom stereocenters. The van der Waals surface area contributed by atoms with Crippen molar-refractivity contribution in [1.82, 2.24) is 10.6 Å². The van der Waals surface area contributed by atoms with E-state index in [0.29, 0.717) is 19.1 Å². The highest BCUT2D eigenvalue weighted by molar-refractivity contribution is 5.73. The first-order valence-electron chi connectivity index (χ1n) is 8.64. The third-order valence-corrected chi connectivity index (χ3v) is 4.60. The highest BCUT2D eigenvalue weighted by Gasteiger charge is 2.22. The highest BCUT2D eigenvalue weighted by Crippen LogP contribution is 2.29. The van der Waals surface area contributed by atoms with E-state index in [1.807, 2.05) is 30.3 Å². The maximum atomic E-state index is 11.9. The van der Waals surface area contributed by atoms with E-state index >= 15 is 0 Å². The number of carbonyl (C=O) groups excluding carboxylic acids is 1. The van der Waals surface area contributed by atoms with Crippen molar-refractivity contribution in [2.45, 2.75) is 32.4 Å². The van der Waals surface area contributed by atoms with Crippen LogP contribution < -0.4 is 15.5 Å². The Hall–Kier alpha value is -2.49. The van der Waals surface area contributed by atoms with Gasteiger partial charge in [-0.15, -0.1) is 0 Å². The number of carbonyl (C=O) groups is 1. The minimum Gasteiger partial charge on any atom is -0.367 e. The molecule has 0 bridgehead atoms. The van der Waals surface area contributed by atoms with E-state index in [9.17, 15) is 4.79 Å². The second-order valence-corrected chi connectivity index (χ2v) is 6.30. The van der Waals surface area contributed by atoms with Crippen LogP contribution in [0.25, 0.3) is 0 Å². The predicted molar refractivity (Wildman–Crippen MR) is 98.3 cm³/mol. The van der Waals surface area contributed by atoms with Crippen molar-refractivity contribution in [3.8, 4) is 0 Å². The fraction of sp³-hybridized carbons (Fsp3) is 0.350. The standard InChI is InChI=1S/C20H25N3O/c1-16-11-12-18-9-5-6-10-19(18)23(16)14-13-21-20(24)22-15-17-7-3-2-4-8-17/h2-10,16H,11-15H2,1H3,(H2,21,22,24)/t16-/m1/s1. The normalized spacial score (nSPS) is 16.4. The fourth-order valence-electron chi connectivity index (χ4n) is 3.23. The Bertz CT molecular complexity index is 672. The maximum Gasteiger partial charge on any atom is 0.315 e. The van der Waals surface area contributed by atoms with E-state index in [0.717, 1.165) is 24.9 Å². The van der Waals surface area contributed by atoms with Gasteiger partial charge in [-0.2, -0.15) is 0 Å². The van der Waals surface area contributed by atoms with Crippen molar-refractivity contribution in [2.75, 3.05) is 18.0 Å². The smallest absolute Gasteiger partial charge is 0.315 e. The molecule has 4 heteroatoms. The Morgan fingerprint density at radius 3 is 2.67 bits per heavy atom. The molecule has 2 N–H and O–H groups in total. The Morgan fingerprint density at radius 1 is 1.08 bits per heavy atom. The number of nitrogens with one attached hydrogen (secondary N) is 2. The highest BCUT2D eigenvalue weighted by atomic mass is 16.2. The molecular formula is C20H25N3O. The quantitative estimate of drug-likeness (QED) is 0.886. The molecule has 0 saturated heterocycles. The first kappa shape index (κ1) is 16.4. The predicted octanol–water partition coefficient (Wildman–Crippen LogP) is 3.33. The minimum atomic E-state index is -0.114. The molecule has 3 rings (SSSR count). The number of anilines is 1. The van der Waals surface area contributed by atoms with Crippen LogP contribution >= 0.6 is 0 Å². The summed E-state index contributed by atoms with van der Waals surface area (Å²) < 4.78 is 0. The molecular weight excluding hydrogens is 298 g/mol. The van der Waals surface area contributed by atoms with Crippen LogP contribution in [0.5, 0.6) is 0 Å². The van der Waals surface area contributed by atoms with Crippen molar-refractivity contribution in [3.63, 3.8) is 0 Å². The van der Waals surface area contributed by atoms with Crippen molar-refractivity contribution in [3.05, 3.63) is 65.7 Å². The average molecular weight is 323 g/mol. The Morgan fingerprint density at radius 2 is 1.83 bits per heavy atom. The molecule has 4 nitrogen and oxygen atoms in total. The van der Waals surface area contributed by atoms with Crippen LogP contribution in [0.4, 0.5) is 10.5 Å². The summed E-state index contributed by atoms with van der Waals surface area (Å²) in [5, 5.41) is 5.86. The number of urea groups is 1. The first-order chi connectivity index (χ1) is 11.7. The summed E-state index contributed by atoms with van der Waals surface area (Å²) >= 11 is 0. The number of hydrogen-bond acceptors (Lipinski definition) is 2. The van der Waals surface area contributed by atoms with Gasteiger partial charge in [-0.1, -0.05) is 48.5 Å². The van der Waals surface area contributed by atoms with Gasteiger partial charge in [0.2, 0.25) is 0 Å². The molecule has 1 heterocycles. The topological polar surface area (TPSA) is 44.4 Å². The van der Waals surface area contributed by atoms with Gasteiger partial charge in [0.05, 0.1) is 0 Å². The van der Waals surface area contributed by atoms with Crippen molar-refractivity contribution < 1.29 is 4.79 Å². The Labute approximate surface area is 143 Å². The third kappa shape index (κ3) is 4.07. The minimum absolute atomic E-state index is 0.114. The summed E-state index contributed by atoms with van der Waals surface area (Å²) in [6, 6.07) is 18.9. The molecule has 0 saturated carbocycles. The first-order valence-corrected chi connectivity index (χ1v) is 8.64. The van der Waals surface area contributed by atoms with Gasteiger partial charge in [-0.05, 0) is 37.0 Å². The van der Waals surface area contributed by atoms with Crippen LogP contribution in [0.1, 0.15) is 24.5 Å². The number of amides is 2. The number of hydrogen-bond donors (Lipinski definition) is 2. The zero-order chi connectivity index (χ0) is 16.8. The van der Waals surface area contributed by atoms with Crippen LogP contribution in [0.3, 0.4) is 0 Å². The summed E-state index contributed by atoms with van der Waals surface area (Å²) in [6.07, 6.45) is 2.30. The summed E-state index contributed by atoms with van der Waals surface area (Å²) in [5.41, 5.74) is 3.82. The molecule has 1 aliphatic heterocycles. The lowest BCUT2D eigenvalue weighted by molar-refractivity contribution is 0.240. The summed E-state index contributed by atoms with van der Waals surface area (Å²) in [7, 11) is 0. The molecule has 126 valence electrons. The van der Waals surface area contributed by atoms with E-state index in [2.05, 4.69) is 46.7 Å². The number of rotatable bonds is 5. The van der Waals surface area contributed by atoms with Gasteiger partial charge in [-0.3, -0.25) is 0 Å². The molecule has 1 atom stereocenters. The number of nitrogens with zero attached hydrogens (tertiary/aromatic N) is 1. The van der Waals surface area contributed by atoms with Crippen molar-refractivity contribution >= 4 is 11.7 Å². The second kappa shape index (κ2) is 7.86. The van der Waals surface area contributed by atoms with Crippen LogP contribution in [0.2, 0.25) is 0 Å². The molecule has 0 spiro atoms. The number of aryl methyl sites for hydroxylation is 1. The zero-order valence-electron chi connectivity index (χ0n) is 14.2.